The predicted molar refractivity (Wildman–Crippen MR) is 73.7 cm³/mol. The Bertz CT molecular complexity index is 414. The van der Waals surface area contributed by atoms with Gasteiger partial charge in [-0.25, -0.2) is 0 Å². The Morgan fingerprint density at radius 2 is 1.88 bits per heavy atom. The van der Waals surface area contributed by atoms with Gasteiger partial charge in [0.15, 0.2) is 0 Å². The number of benzene rings is 1. The molecule has 0 amide bonds. The van der Waals surface area contributed by atoms with Crippen molar-refractivity contribution < 1.29 is 0 Å². The van der Waals surface area contributed by atoms with Gasteiger partial charge in [-0.3, -0.25) is 0 Å². The molecular weight excluding hydrogens is 206 g/mol. The molecule has 0 heterocycles. The first-order chi connectivity index (χ1) is 8.00. The van der Waals surface area contributed by atoms with Gasteiger partial charge in [0.1, 0.15) is 0 Å². The summed E-state index contributed by atoms with van der Waals surface area (Å²) in [6, 6.07) is 10.6. The molecule has 1 aliphatic rings. The van der Waals surface area contributed by atoms with Crippen LogP contribution in [0, 0.1) is 5.41 Å². The van der Waals surface area contributed by atoms with Crippen molar-refractivity contribution in [2.75, 3.05) is 0 Å². The van der Waals surface area contributed by atoms with E-state index in [9.17, 15) is 0 Å². The van der Waals surface area contributed by atoms with E-state index in [2.05, 4.69) is 45.0 Å². The number of hydrogen-bond acceptors (Lipinski definition) is 1. The Hall–Kier alpha value is -1.08. The first-order valence-corrected chi connectivity index (χ1v) is 6.50. The zero-order valence-corrected chi connectivity index (χ0v) is 11.2. The minimum Gasteiger partial charge on any atom is -0.324 e. The number of allylic oxidation sites excluding steroid dienone is 1. The standard InChI is InChI=1S/C16H23N/c1-12-14(9-10-16(12,2)3)11-15(17)13-7-5-4-6-8-13/h4-8,15H,9-11,17H2,1-3H3. The van der Waals surface area contributed by atoms with Crippen molar-refractivity contribution >= 4 is 0 Å². The summed E-state index contributed by atoms with van der Waals surface area (Å²) in [6.45, 7) is 6.95. The number of hydrogen-bond donors (Lipinski definition) is 1. The van der Waals surface area contributed by atoms with E-state index in [4.69, 9.17) is 5.73 Å². The summed E-state index contributed by atoms with van der Waals surface area (Å²) in [6.07, 6.45) is 3.51. The van der Waals surface area contributed by atoms with Crippen LogP contribution < -0.4 is 5.73 Å². The average molecular weight is 229 g/mol. The van der Waals surface area contributed by atoms with E-state index in [0.717, 1.165) is 6.42 Å². The summed E-state index contributed by atoms with van der Waals surface area (Å²) in [4.78, 5) is 0. The van der Waals surface area contributed by atoms with Crippen LogP contribution in [0.5, 0.6) is 0 Å². The van der Waals surface area contributed by atoms with E-state index < -0.39 is 0 Å². The monoisotopic (exact) mass is 229 g/mol. The minimum atomic E-state index is 0.148. The lowest BCUT2D eigenvalue weighted by Crippen LogP contribution is -2.11. The highest BCUT2D eigenvalue weighted by molar-refractivity contribution is 5.28. The topological polar surface area (TPSA) is 26.0 Å². The maximum Gasteiger partial charge on any atom is 0.0332 e. The molecule has 17 heavy (non-hydrogen) atoms. The molecule has 0 bridgehead atoms. The molecule has 0 aromatic heterocycles. The third kappa shape index (κ3) is 2.61. The largest absolute Gasteiger partial charge is 0.324 e. The van der Waals surface area contributed by atoms with E-state index in [1.165, 1.54) is 18.4 Å². The van der Waals surface area contributed by atoms with Gasteiger partial charge in [0.05, 0.1) is 0 Å². The van der Waals surface area contributed by atoms with Gasteiger partial charge < -0.3 is 5.73 Å². The lowest BCUT2D eigenvalue weighted by molar-refractivity contribution is 0.442. The fourth-order valence-corrected chi connectivity index (χ4v) is 2.66. The molecule has 1 unspecified atom stereocenters. The summed E-state index contributed by atoms with van der Waals surface area (Å²) < 4.78 is 0. The Morgan fingerprint density at radius 1 is 1.24 bits per heavy atom. The average Bonchev–Trinajstić information content (AvgIpc) is 2.57. The van der Waals surface area contributed by atoms with Crippen LogP contribution in [0.2, 0.25) is 0 Å². The Morgan fingerprint density at radius 3 is 2.41 bits per heavy atom. The minimum absolute atomic E-state index is 0.148. The van der Waals surface area contributed by atoms with Crippen LogP contribution >= 0.6 is 0 Å². The van der Waals surface area contributed by atoms with Gasteiger partial charge in [-0.05, 0) is 37.2 Å². The maximum atomic E-state index is 6.29. The fourth-order valence-electron chi connectivity index (χ4n) is 2.66. The normalized spacial score (nSPS) is 20.7. The summed E-state index contributed by atoms with van der Waals surface area (Å²) in [7, 11) is 0. The van der Waals surface area contributed by atoms with Gasteiger partial charge in [0.25, 0.3) is 0 Å². The Kier molecular flexibility index (Phi) is 3.39. The molecule has 92 valence electrons. The van der Waals surface area contributed by atoms with Gasteiger partial charge in [-0.1, -0.05) is 55.3 Å². The molecule has 2 rings (SSSR count). The lowest BCUT2D eigenvalue weighted by Gasteiger charge is -2.20. The van der Waals surface area contributed by atoms with E-state index in [1.54, 1.807) is 11.1 Å². The van der Waals surface area contributed by atoms with E-state index in [-0.39, 0.29) is 6.04 Å². The zero-order valence-electron chi connectivity index (χ0n) is 11.2. The van der Waals surface area contributed by atoms with Gasteiger partial charge in [0, 0.05) is 6.04 Å². The third-order valence-corrected chi connectivity index (χ3v) is 4.29. The maximum absolute atomic E-state index is 6.29. The molecule has 0 spiro atoms. The third-order valence-electron chi connectivity index (χ3n) is 4.29. The first-order valence-electron chi connectivity index (χ1n) is 6.50. The van der Waals surface area contributed by atoms with E-state index in [1.807, 2.05) is 6.07 Å². The molecule has 1 nitrogen and oxygen atoms in total. The Labute approximate surface area is 105 Å². The van der Waals surface area contributed by atoms with Gasteiger partial charge in [-0.15, -0.1) is 0 Å². The number of rotatable bonds is 3. The van der Waals surface area contributed by atoms with Crippen molar-refractivity contribution in [3.05, 3.63) is 47.0 Å². The smallest absolute Gasteiger partial charge is 0.0332 e. The van der Waals surface area contributed by atoms with Crippen LogP contribution in [-0.2, 0) is 0 Å². The summed E-state index contributed by atoms with van der Waals surface area (Å²) in [5.74, 6) is 0. The molecular formula is C16H23N. The molecule has 1 atom stereocenters. The summed E-state index contributed by atoms with van der Waals surface area (Å²) in [5, 5.41) is 0. The van der Waals surface area contributed by atoms with Crippen molar-refractivity contribution in [3.8, 4) is 0 Å². The molecule has 1 aromatic carbocycles. The second-order valence-electron chi connectivity index (χ2n) is 5.83. The molecule has 1 heteroatoms. The summed E-state index contributed by atoms with van der Waals surface area (Å²) >= 11 is 0. The van der Waals surface area contributed by atoms with Crippen LogP contribution in [0.4, 0.5) is 0 Å². The quantitative estimate of drug-likeness (QED) is 0.772. The van der Waals surface area contributed by atoms with Crippen molar-refractivity contribution in [2.24, 2.45) is 11.1 Å². The molecule has 0 saturated carbocycles. The Balaban J connectivity index is 2.11. The molecule has 1 aliphatic carbocycles. The second-order valence-corrected chi connectivity index (χ2v) is 5.83. The molecule has 0 aliphatic heterocycles. The lowest BCUT2D eigenvalue weighted by atomic mass is 9.86. The highest BCUT2D eigenvalue weighted by Crippen LogP contribution is 2.44. The van der Waals surface area contributed by atoms with Crippen LogP contribution in [0.3, 0.4) is 0 Å². The second kappa shape index (κ2) is 4.66. The van der Waals surface area contributed by atoms with Gasteiger partial charge in [-0.2, -0.15) is 0 Å². The highest BCUT2D eigenvalue weighted by Gasteiger charge is 2.29. The van der Waals surface area contributed by atoms with Crippen molar-refractivity contribution in [3.63, 3.8) is 0 Å². The SMILES string of the molecule is CC1=C(CC(N)c2ccccc2)CCC1(C)C. The molecule has 0 saturated heterocycles. The number of nitrogens with two attached hydrogens (primary N) is 1. The van der Waals surface area contributed by atoms with E-state index in [0.29, 0.717) is 5.41 Å². The van der Waals surface area contributed by atoms with Crippen LogP contribution in [0.25, 0.3) is 0 Å². The fraction of sp³-hybridized carbons (Fsp3) is 0.500. The van der Waals surface area contributed by atoms with Crippen molar-refractivity contribution in [1.29, 1.82) is 0 Å². The summed E-state index contributed by atoms with van der Waals surface area (Å²) in [5.41, 5.74) is 11.1. The first kappa shape index (κ1) is 12.4. The van der Waals surface area contributed by atoms with Crippen LogP contribution in [0.15, 0.2) is 41.5 Å². The van der Waals surface area contributed by atoms with Crippen molar-refractivity contribution in [2.45, 2.75) is 46.1 Å². The van der Waals surface area contributed by atoms with E-state index >= 15 is 0 Å². The van der Waals surface area contributed by atoms with Gasteiger partial charge >= 0.3 is 0 Å². The molecule has 0 radical (unpaired) electrons. The van der Waals surface area contributed by atoms with Crippen LogP contribution in [0.1, 0.15) is 51.6 Å². The van der Waals surface area contributed by atoms with Crippen LogP contribution in [-0.4, -0.2) is 0 Å². The van der Waals surface area contributed by atoms with Gasteiger partial charge in [0.2, 0.25) is 0 Å². The molecule has 2 N–H and O–H groups in total. The van der Waals surface area contributed by atoms with Crippen molar-refractivity contribution in [1.82, 2.24) is 0 Å². The molecule has 1 aromatic rings. The zero-order chi connectivity index (χ0) is 12.5. The molecule has 0 fully saturated rings. The predicted octanol–water partition coefficient (Wildman–Crippen LogP) is 4.21. The highest BCUT2D eigenvalue weighted by atomic mass is 14.6.